The monoisotopic (exact) mass is 486 g/mol. The number of amides is 1. The highest BCUT2D eigenvalue weighted by atomic mass is 35.5. The van der Waals surface area contributed by atoms with Gasteiger partial charge in [-0.2, -0.15) is 0 Å². The smallest absolute Gasteiger partial charge is 0.272 e. The standard InChI is InChI=1S/C18H23ClN6O6S/c1-10-7-12(20)16(32(28,29)14-8-11(19)3-4-13(14)30-2)17(27)25(10)9-15(26)23-5-6-31-24-18(21)22/h3-4,7-8H,5-6,9,20H2,1-2H3,(H,23,26)(H4,21,22,24). The van der Waals surface area contributed by atoms with Crippen LogP contribution in [0.25, 0.3) is 0 Å². The van der Waals surface area contributed by atoms with E-state index in [1.807, 2.05) is 0 Å². The van der Waals surface area contributed by atoms with E-state index in [2.05, 4.69) is 10.5 Å². The first-order chi connectivity index (χ1) is 15.0. The minimum atomic E-state index is -4.43. The van der Waals surface area contributed by atoms with Crippen LogP contribution in [0.2, 0.25) is 5.02 Å². The quantitative estimate of drug-likeness (QED) is 0.157. The van der Waals surface area contributed by atoms with Crippen molar-refractivity contribution in [1.29, 1.82) is 0 Å². The zero-order valence-electron chi connectivity index (χ0n) is 17.3. The number of carbonyl (C=O) groups is 1. The van der Waals surface area contributed by atoms with Gasteiger partial charge in [0.2, 0.25) is 21.7 Å². The number of nitrogens with two attached hydrogens (primary N) is 3. The minimum absolute atomic E-state index is 0.0150. The number of pyridine rings is 1. The summed E-state index contributed by atoms with van der Waals surface area (Å²) in [5.41, 5.74) is 15.2. The van der Waals surface area contributed by atoms with Crippen LogP contribution >= 0.6 is 11.6 Å². The number of nitrogen functional groups attached to an aromatic ring is 1. The molecule has 0 aliphatic heterocycles. The number of aryl methyl sites for hydroxylation is 1. The maximum absolute atomic E-state index is 13.3. The summed E-state index contributed by atoms with van der Waals surface area (Å²) in [7, 11) is -3.15. The number of anilines is 1. The zero-order chi connectivity index (χ0) is 24.1. The Morgan fingerprint density at radius 1 is 1.28 bits per heavy atom. The molecule has 1 aromatic heterocycles. The number of benzene rings is 1. The van der Waals surface area contributed by atoms with Crippen LogP contribution in [-0.2, 0) is 26.0 Å². The Morgan fingerprint density at radius 3 is 2.59 bits per heavy atom. The molecule has 0 saturated carbocycles. The van der Waals surface area contributed by atoms with E-state index in [0.717, 1.165) is 10.6 Å². The summed E-state index contributed by atoms with van der Waals surface area (Å²) >= 11 is 5.94. The van der Waals surface area contributed by atoms with Gasteiger partial charge in [-0.05, 0) is 36.3 Å². The molecule has 0 spiro atoms. The van der Waals surface area contributed by atoms with Crippen LogP contribution in [0.4, 0.5) is 5.69 Å². The highest BCUT2D eigenvalue weighted by Crippen LogP contribution is 2.32. The maximum atomic E-state index is 13.3. The summed E-state index contributed by atoms with van der Waals surface area (Å²) in [5.74, 6) is -0.860. The third kappa shape index (κ3) is 5.62. The number of rotatable bonds is 9. The van der Waals surface area contributed by atoms with E-state index in [0.29, 0.717) is 0 Å². The summed E-state index contributed by atoms with van der Waals surface area (Å²) in [6.07, 6.45) is 0. The Morgan fingerprint density at radius 2 is 1.97 bits per heavy atom. The number of aromatic nitrogens is 1. The van der Waals surface area contributed by atoms with Crippen molar-refractivity contribution in [3.05, 3.63) is 45.3 Å². The fraction of sp³-hybridized carbons (Fsp3) is 0.278. The summed E-state index contributed by atoms with van der Waals surface area (Å²) in [6, 6.07) is 5.25. The molecule has 14 heteroatoms. The molecule has 1 amide bonds. The van der Waals surface area contributed by atoms with Crippen LogP contribution in [0.3, 0.4) is 0 Å². The molecule has 0 saturated heterocycles. The summed E-state index contributed by atoms with van der Waals surface area (Å²) in [4.78, 5) is 29.1. The van der Waals surface area contributed by atoms with E-state index in [4.69, 9.17) is 38.4 Å². The van der Waals surface area contributed by atoms with Crippen LogP contribution in [-0.4, -0.2) is 45.1 Å². The van der Waals surface area contributed by atoms with Gasteiger partial charge in [0.1, 0.15) is 23.8 Å². The number of hydrogen-bond donors (Lipinski definition) is 4. The van der Waals surface area contributed by atoms with E-state index in [1.165, 1.54) is 32.2 Å². The van der Waals surface area contributed by atoms with Gasteiger partial charge in [-0.15, -0.1) is 0 Å². The van der Waals surface area contributed by atoms with Crippen LogP contribution in [0.1, 0.15) is 5.69 Å². The van der Waals surface area contributed by atoms with E-state index in [1.54, 1.807) is 0 Å². The van der Waals surface area contributed by atoms with Gasteiger partial charge in [0, 0.05) is 10.7 Å². The topological polar surface area (TPSA) is 194 Å². The van der Waals surface area contributed by atoms with Crippen LogP contribution in [0.5, 0.6) is 5.75 Å². The van der Waals surface area contributed by atoms with Crippen molar-refractivity contribution in [1.82, 2.24) is 9.88 Å². The molecular formula is C18H23ClN6O6S. The SMILES string of the molecule is COc1ccc(Cl)cc1S(=O)(=O)c1c(N)cc(C)n(CC(=O)NCCON=C(N)N)c1=O. The molecule has 0 fully saturated rings. The number of hydrogen-bond acceptors (Lipinski definition) is 8. The number of halogens is 1. The lowest BCUT2D eigenvalue weighted by atomic mass is 10.3. The third-order valence-corrected chi connectivity index (χ3v) is 6.24. The average molecular weight is 487 g/mol. The first kappa shape index (κ1) is 24.8. The first-order valence-corrected chi connectivity index (χ1v) is 10.9. The molecule has 7 N–H and O–H groups in total. The number of guanidine groups is 1. The molecule has 2 aromatic rings. The van der Waals surface area contributed by atoms with E-state index in [-0.39, 0.29) is 46.2 Å². The predicted molar refractivity (Wildman–Crippen MR) is 118 cm³/mol. The van der Waals surface area contributed by atoms with Crippen molar-refractivity contribution in [3.63, 3.8) is 0 Å². The Labute approximate surface area is 188 Å². The number of nitrogens with zero attached hydrogens (tertiary/aromatic N) is 2. The van der Waals surface area contributed by atoms with Crippen molar-refractivity contribution >= 4 is 39.0 Å². The Kier molecular flexibility index (Phi) is 7.94. The summed E-state index contributed by atoms with van der Waals surface area (Å²) < 4.78 is 32.6. The fourth-order valence-electron chi connectivity index (χ4n) is 2.77. The van der Waals surface area contributed by atoms with Crippen LogP contribution < -0.4 is 32.8 Å². The van der Waals surface area contributed by atoms with Gasteiger partial charge < -0.3 is 36.7 Å². The molecule has 0 unspecified atom stereocenters. The van der Waals surface area contributed by atoms with Crippen LogP contribution in [0.15, 0.2) is 44.0 Å². The average Bonchev–Trinajstić information content (AvgIpc) is 2.70. The molecule has 1 aromatic carbocycles. The van der Waals surface area contributed by atoms with E-state index >= 15 is 0 Å². The highest BCUT2D eigenvalue weighted by molar-refractivity contribution is 7.91. The Hall–Kier alpha value is -3.45. The Bertz CT molecular complexity index is 1210. The van der Waals surface area contributed by atoms with Crippen LogP contribution in [0, 0.1) is 6.92 Å². The molecule has 174 valence electrons. The molecule has 0 bridgehead atoms. The molecule has 0 aliphatic carbocycles. The van der Waals surface area contributed by atoms with Crippen molar-refractivity contribution in [2.45, 2.75) is 23.3 Å². The second kappa shape index (κ2) is 10.2. The lowest BCUT2D eigenvalue weighted by molar-refractivity contribution is -0.122. The minimum Gasteiger partial charge on any atom is -0.495 e. The number of nitrogens with one attached hydrogen (secondary N) is 1. The van der Waals surface area contributed by atoms with E-state index < -0.39 is 32.7 Å². The van der Waals surface area contributed by atoms with Gasteiger partial charge in [-0.1, -0.05) is 11.6 Å². The predicted octanol–water partition coefficient (Wildman–Crippen LogP) is -0.445. The zero-order valence-corrected chi connectivity index (χ0v) is 18.9. The molecule has 1 heterocycles. The van der Waals surface area contributed by atoms with E-state index in [9.17, 15) is 18.0 Å². The lowest BCUT2D eigenvalue weighted by Crippen LogP contribution is -2.37. The van der Waals surface area contributed by atoms with Gasteiger partial charge in [0.15, 0.2) is 4.90 Å². The molecular weight excluding hydrogens is 464 g/mol. The molecule has 0 atom stereocenters. The number of carbonyl (C=O) groups excluding carboxylic acids is 1. The maximum Gasteiger partial charge on any atom is 0.272 e. The fourth-order valence-corrected chi connectivity index (χ4v) is 4.63. The number of ether oxygens (including phenoxy) is 1. The third-order valence-electron chi connectivity index (χ3n) is 4.16. The van der Waals surface area contributed by atoms with Gasteiger partial charge in [-0.25, -0.2) is 8.42 Å². The highest BCUT2D eigenvalue weighted by Gasteiger charge is 2.30. The first-order valence-electron chi connectivity index (χ1n) is 9.05. The summed E-state index contributed by atoms with van der Waals surface area (Å²) in [5, 5.41) is 5.92. The van der Waals surface area contributed by atoms with Gasteiger partial charge >= 0.3 is 0 Å². The van der Waals surface area contributed by atoms with Gasteiger partial charge in [-0.3, -0.25) is 9.59 Å². The molecule has 0 aliphatic rings. The second-order valence-corrected chi connectivity index (χ2v) is 8.75. The normalized spacial score (nSPS) is 11.0. The van der Waals surface area contributed by atoms with Crippen molar-refractivity contribution in [3.8, 4) is 5.75 Å². The van der Waals surface area contributed by atoms with Crippen molar-refractivity contribution < 1.29 is 22.8 Å². The summed E-state index contributed by atoms with van der Waals surface area (Å²) in [6.45, 7) is 1.09. The van der Waals surface area contributed by atoms with Crippen molar-refractivity contribution in [2.75, 3.05) is 26.0 Å². The molecule has 32 heavy (non-hydrogen) atoms. The van der Waals surface area contributed by atoms with Gasteiger partial charge in [0.25, 0.3) is 5.56 Å². The largest absolute Gasteiger partial charge is 0.495 e. The molecule has 2 rings (SSSR count). The van der Waals surface area contributed by atoms with Crippen molar-refractivity contribution in [2.24, 2.45) is 16.6 Å². The number of sulfone groups is 1. The number of oxime groups is 1. The molecule has 0 radical (unpaired) electrons. The Balaban J connectivity index is 2.39. The van der Waals surface area contributed by atoms with Gasteiger partial charge in [0.05, 0.1) is 19.3 Å². The lowest BCUT2D eigenvalue weighted by Gasteiger charge is -2.16. The molecule has 12 nitrogen and oxygen atoms in total. The second-order valence-electron chi connectivity index (χ2n) is 6.46. The number of methoxy groups -OCH3 is 1.